The number of piperidine rings is 2. The second-order valence-corrected chi connectivity index (χ2v) is 11.9. The van der Waals surface area contributed by atoms with Crippen molar-refractivity contribution in [3.05, 3.63) is 71.8 Å². The molecule has 2 aliphatic rings. The van der Waals surface area contributed by atoms with Gasteiger partial charge in [-0.15, -0.1) is 12.4 Å². The van der Waals surface area contributed by atoms with Crippen LogP contribution in [-0.2, 0) is 13.1 Å². The van der Waals surface area contributed by atoms with E-state index in [1.54, 1.807) is 0 Å². The first-order chi connectivity index (χ1) is 15.1. The van der Waals surface area contributed by atoms with Crippen molar-refractivity contribution in [2.45, 2.75) is 74.0 Å². The van der Waals surface area contributed by atoms with E-state index in [4.69, 9.17) is 5.73 Å². The molecule has 4 rings (SSSR count). The molecule has 2 N–H and O–H groups in total. The van der Waals surface area contributed by atoms with Crippen LogP contribution >= 0.6 is 12.4 Å². The third-order valence-corrected chi connectivity index (χ3v) is 6.58. The van der Waals surface area contributed by atoms with Gasteiger partial charge in [0.15, 0.2) is 0 Å². The fourth-order valence-electron chi connectivity index (χ4n) is 5.95. The summed E-state index contributed by atoms with van der Waals surface area (Å²) in [5.41, 5.74) is 9.76. The predicted octanol–water partition coefficient (Wildman–Crippen LogP) is 6.86. The van der Waals surface area contributed by atoms with Gasteiger partial charge in [0, 0.05) is 45.3 Å². The van der Waals surface area contributed by atoms with Crippen LogP contribution in [0.2, 0.25) is 0 Å². The summed E-state index contributed by atoms with van der Waals surface area (Å²) in [6, 6.07) is 21.8. The minimum Gasteiger partial charge on any atom is -0.327 e. The SMILES string of the molecule is C.CC1(C)C[C@H](N)CN(Cc2ccccc2)C1.C[C@@H]1CN(Cc2ccccc2)CC(C)(C)C1.Cl. The summed E-state index contributed by atoms with van der Waals surface area (Å²) in [7, 11) is 0. The van der Waals surface area contributed by atoms with Crippen LogP contribution in [0.1, 0.15) is 66.0 Å². The molecule has 0 saturated carbocycles. The second-order valence-electron chi connectivity index (χ2n) is 11.9. The maximum Gasteiger partial charge on any atom is 0.0234 e. The maximum atomic E-state index is 6.11. The van der Waals surface area contributed by atoms with Crippen LogP contribution in [0.25, 0.3) is 0 Å². The summed E-state index contributed by atoms with van der Waals surface area (Å²) in [5, 5.41) is 0. The van der Waals surface area contributed by atoms with Gasteiger partial charge >= 0.3 is 0 Å². The first kappa shape index (κ1) is 30.6. The summed E-state index contributed by atoms with van der Waals surface area (Å²) in [4.78, 5) is 5.08. The molecule has 2 saturated heterocycles. The highest BCUT2D eigenvalue weighted by Gasteiger charge is 2.31. The zero-order valence-electron chi connectivity index (χ0n) is 21.5. The Labute approximate surface area is 216 Å². The third-order valence-electron chi connectivity index (χ3n) is 6.58. The summed E-state index contributed by atoms with van der Waals surface area (Å²) < 4.78 is 0. The Morgan fingerprint density at radius 3 is 1.56 bits per heavy atom. The zero-order chi connectivity index (χ0) is 23.2. The molecule has 0 spiro atoms. The van der Waals surface area contributed by atoms with Crippen LogP contribution in [0.15, 0.2) is 60.7 Å². The molecule has 2 heterocycles. The van der Waals surface area contributed by atoms with Crippen molar-refractivity contribution >= 4 is 12.4 Å². The molecule has 2 aromatic carbocycles. The topological polar surface area (TPSA) is 32.5 Å². The number of hydrogen-bond donors (Lipinski definition) is 1. The van der Waals surface area contributed by atoms with Crippen molar-refractivity contribution < 1.29 is 0 Å². The van der Waals surface area contributed by atoms with E-state index in [9.17, 15) is 0 Å². The van der Waals surface area contributed by atoms with Gasteiger partial charge in [0.1, 0.15) is 0 Å². The Morgan fingerprint density at radius 2 is 1.15 bits per heavy atom. The van der Waals surface area contributed by atoms with E-state index < -0.39 is 0 Å². The number of rotatable bonds is 4. The lowest BCUT2D eigenvalue weighted by Crippen LogP contribution is -2.49. The molecule has 4 heteroatoms. The van der Waals surface area contributed by atoms with Gasteiger partial charge in [-0.25, -0.2) is 0 Å². The molecule has 3 nitrogen and oxygen atoms in total. The van der Waals surface area contributed by atoms with Gasteiger partial charge in [0.2, 0.25) is 0 Å². The van der Waals surface area contributed by atoms with Crippen LogP contribution in [0.3, 0.4) is 0 Å². The minimum atomic E-state index is 0. The Balaban J connectivity index is 0.000000321. The predicted molar refractivity (Wildman–Crippen MR) is 151 cm³/mol. The molecule has 0 aromatic heterocycles. The van der Waals surface area contributed by atoms with E-state index in [1.165, 1.54) is 30.6 Å². The summed E-state index contributed by atoms with van der Waals surface area (Å²) in [6.07, 6.45) is 2.50. The molecule has 2 fully saturated rings. The second kappa shape index (κ2) is 13.6. The van der Waals surface area contributed by atoms with E-state index in [0.717, 1.165) is 38.5 Å². The molecule has 2 aromatic rings. The highest BCUT2D eigenvalue weighted by molar-refractivity contribution is 5.85. The standard InChI is InChI=1S/C15H23N.C14H22N2.CH4.ClH/c1-13-9-15(2,3)12-16(10-13)11-14-7-5-4-6-8-14;1-14(2)8-13(15)10-16(11-14)9-12-6-4-3-5-7-12;;/h4-8,13H,9-12H2,1-3H3;3-7,13H,8-11,15H2,1-2H3;1H4;1H/t2*13-;;/m00../s1. The van der Waals surface area contributed by atoms with E-state index >= 15 is 0 Å². The fourth-order valence-corrected chi connectivity index (χ4v) is 5.95. The Hall–Kier alpha value is -1.39. The maximum absolute atomic E-state index is 6.11. The van der Waals surface area contributed by atoms with Crippen LogP contribution in [0.5, 0.6) is 0 Å². The number of benzene rings is 2. The van der Waals surface area contributed by atoms with Gasteiger partial charge in [-0.05, 0) is 40.7 Å². The van der Waals surface area contributed by atoms with Crippen molar-refractivity contribution in [2.75, 3.05) is 26.2 Å². The largest absolute Gasteiger partial charge is 0.327 e. The quantitative estimate of drug-likeness (QED) is 0.511. The van der Waals surface area contributed by atoms with Gasteiger partial charge in [0.25, 0.3) is 0 Å². The Bertz CT molecular complexity index is 737. The fraction of sp³-hybridized carbons (Fsp3) is 0.600. The average molecular weight is 488 g/mol. The lowest BCUT2D eigenvalue weighted by Gasteiger charge is -2.41. The summed E-state index contributed by atoms with van der Waals surface area (Å²) in [5.74, 6) is 0.826. The molecule has 2 atom stereocenters. The van der Waals surface area contributed by atoms with Gasteiger partial charge in [-0.3, -0.25) is 9.80 Å². The van der Waals surface area contributed by atoms with Crippen molar-refractivity contribution in [3.8, 4) is 0 Å². The van der Waals surface area contributed by atoms with Gasteiger partial charge in [-0.2, -0.15) is 0 Å². The number of nitrogens with two attached hydrogens (primary N) is 1. The number of hydrogen-bond acceptors (Lipinski definition) is 3. The van der Waals surface area contributed by atoms with E-state index in [1.807, 2.05) is 0 Å². The van der Waals surface area contributed by atoms with E-state index in [2.05, 4.69) is 105 Å². The molecule has 0 aliphatic carbocycles. The lowest BCUT2D eigenvalue weighted by atomic mass is 9.79. The zero-order valence-corrected chi connectivity index (χ0v) is 22.3. The first-order valence-corrected chi connectivity index (χ1v) is 12.4. The molecule has 192 valence electrons. The first-order valence-electron chi connectivity index (χ1n) is 12.4. The van der Waals surface area contributed by atoms with Gasteiger partial charge in [-0.1, -0.05) is 103 Å². The molecule has 0 radical (unpaired) electrons. The molecular weight excluding hydrogens is 438 g/mol. The Morgan fingerprint density at radius 1 is 0.735 bits per heavy atom. The Kier molecular flexibility index (Phi) is 12.3. The van der Waals surface area contributed by atoms with E-state index in [0.29, 0.717) is 16.9 Å². The van der Waals surface area contributed by atoms with Crippen molar-refractivity contribution in [1.29, 1.82) is 0 Å². The minimum absolute atomic E-state index is 0. The lowest BCUT2D eigenvalue weighted by molar-refractivity contribution is 0.0743. The smallest absolute Gasteiger partial charge is 0.0234 e. The number of halogens is 1. The van der Waals surface area contributed by atoms with Crippen LogP contribution in [-0.4, -0.2) is 42.0 Å². The molecule has 0 unspecified atom stereocenters. The normalized spacial score (nSPS) is 24.1. The van der Waals surface area contributed by atoms with Gasteiger partial charge in [0.05, 0.1) is 0 Å². The molecule has 34 heavy (non-hydrogen) atoms. The molecule has 2 aliphatic heterocycles. The van der Waals surface area contributed by atoms with Crippen molar-refractivity contribution in [1.82, 2.24) is 9.80 Å². The molecule has 0 bridgehead atoms. The van der Waals surface area contributed by atoms with Crippen LogP contribution in [0, 0.1) is 16.7 Å². The summed E-state index contributed by atoms with van der Waals surface area (Å²) >= 11 is 0. The highest BCUT2D eigenvalue weighted by Crippen LogP contribution is 2.32. The molecular formula is C30H50ClN3. The monoisotopic (exact) mass is 487 g/mol. The molecule has 0 amide bonds. The van der Waals surface area contributed by atoms with E-state index in [-0.39, 0.29) is 19.8 Å². The van der Waals surface area contributed by atoms with Gasteiger partial charge < -0.3 is 5.73 Å². The third kappa shape index (κ3) is 10.5. The number of likely N-dealkylation sites (tertiary alicyclic amines) is 2. The van der Waals surface area contributed by atoms with Crippen LogP contribution in [0.4, 0.5) is 0 Å². The van der Waals surface area contributed by atoms with Crippen LogP contribution < -0.4 is 5.73 Å². The average Bonchev–Trinajstić information content (AvgIpc) is 2.67. The van der Waals surface area contributed by atoms with Crippen molar-refractivity contribution in [2.24, 2.45) is 22.5 Å². The summed E-state index contributed by atoms with van der Waals surface area (Å²) in [6.45, 7) is 18.6. The highest BCUT2D eigenvalue weighted by atomic mass is 35.5. The number of nitrogens with zero attached hydrogens (tertiary/aromatic N) is 2. The van der Waals surface area contributed by atoms with Crippen molar-refractivity contribution in [3.63, 3.8) is 0 Å².